The summed E-state index contributed by atoms with van der Waals surface area (Å²) in [7, 11) is 0. The van der Waals surface area contributed by atoms with Gasteiger partial charge in [0.05, 0.1) is 0 Å². The number of thiazole rings is 1. The van der Waals surface area contributed by atoms with E-state index < -0.39 is 0 Å². The van der Waals surface area contributed by atoms with Crippen LogP contribution in [0, 0.1) is 0 Å². The Morgan fingerprint density at radius 2 is 2.30 bits per heavy atom. The second-order valence-corrected chi connectivity index (χ2v) is 5.57. The molecule has 0 bridgehead atoms. The van der Waals surface area contributed by atoms with Gasteiger partial charge in [-0.15, -0.1) is 21.5 Å². The molecule has 0 aliphatic carbocycles. The fourth-order valence-electron chi connectivity index (χ4n) is 1.54. The number of nitrogens with zero attached hydrogens (tertiary/aromatic N) is 3. The first-order valence-electron chi connectivity index (χ1n) is 5.85. The molecule has 0 aromatic carbocycles. The molecule has 0 spiro atoms. The third kappa shape index (κ3) is 3.09. The standard InChI is InChI=1S/C12H10N4O2S2/c17-9(14-12-13-4-6-20-12)1-2-10-15-16-11(18-10)8-3-5-19-7-8/h3-7H,1-2H2,(H,13,14,17). The van der Waals surface area contributed by atoms with Gasteiger partial charge in [-0.25, -0.2) is 4.98 Å². The van der Waals surface area contributed by atoms with Crippen LogP contribution in [0.15, 0.2) is 32.8 Å². The molecule has 3 aromatic rings. The SMILES string of the molecule is O=C(CCc1nnc(-c2ccsc2)o1)Nc1nccs1. The number of anilines is 1. The molecule has 3 rings (SSSR count). The van der Waals surface area contributed by atoms with E-state index in [-0.39, 0.29) is 12.3 Å². The number of aryl methyl sites for hydroxylation is 1. The molecule has 0 atom stereocenters. The van der Waals surface area contributed by atoms with Crippen LogP contribution in [-0.2, 0) is 11.2 Å². The van der Waals surface area contributed by atoms with Crippen LogP contribution in [-0.4, -0.2) is 21.1 Å². The van der Waals surface area contributed by atoms with Crippen LogP contribution < -0.4 is 5.32 Å². The number of hydrogen-bond donors (Lipinski definition) is 1. The minimum Gasteiger partial charge on any atom is -0.421 e. The van der Waals surface area contributed by atoms with E-state index in [0.717, 1.165) is 5.56 Å². The van der Waals surface area contributed by atoms with Crippen LogP contribution >= 0.6 is 22.7 Å². The molecular weight excluding hydrogens is 296 g/mol. The molecule has 102 valence electrons. The van der Waals surface area contributed by atoms with Crippen molar-refractivity contribution in [2.45, 2.75) is 12.8 Å². The molecule has 0 aliphatic heterocycles. The Morgan fingerprint density at radius 1 is 1.35 bits per heavy atom. The molecule has 3 aromatic heterocycles. The molecule has 1 amide bonds. The van der Waals surface area contributed by atoms with Gasteiger partial charge in [-0.05, 0) is 11.4 Å². The largest absolute Gasteiger partial charge is 0.421 e. The van der Waals surface area contributed by atoms with Gasteiger partial charge in [-0.1, -0.05) is 0 Å². The fourth-order valence-corrected chi connectivity index (χ4v) is 2.72. The zero-order valence-corrected chi connectivity index (χ0v) is 11.9. The first-order chi connectivity index (χ1) is 9.81. The van der Waals surface area contributed by atoms with Gasteiger partial charge in [0.2, 0.25) is 17.7 Å². The molecule has 3 heterocycles. The van der Waals surface area contributed by atoms with Crippen LogP contribution in [0.2, 0.25) is 0 Å². The summed E-state index contributed by atoms with van der Waals surface area (Å²) in [5.74, 6) is 0.831. The van der Waals surface area contributed by atoms with Crippen molar-refractivity contribution in [2.24, 2.45) is 0 Å². The quantitative estimate of drug-likeness (QED) is 0.784. The average molecular weight is 306 g/mol. The van der Waals surface area contributed by atoms with Gasteiger partial charge in [0, 0.05) is 35.4 Å². The number of carbonyl (C=O) groups is 1. The lowest BCUT2D eigenvalue weighted by Crippen LogP contribution is -2.12. The van der Waals surface area contributed by atoms with Crippen molar-refractivity contribution < 1.29 is 9.21 Å². The average Bonchev–Trinajstić information content (AvgIpc) is 3.18. The zero-order valence-electron chi connectivity index (χ0n) is 10.3. The first-order valence-corrected chi connectivity index (χ1v) is 7.68. The molecule has 0 fully saturated rings. The van der Waals surface area contributed by atoms with Gasteiger partial charge >= 0.3 is 0 Å². The molecule has 0 unspecified atom stereocenters. The third-order valence-corrected chi connectivity index (χ3v) is 3.85. The predicted molar refractivity (Wildman–Crippen MR) is 76.7 cm³/mol. The minimum absolute atomic E-state index is 0.116. The first kappa shape index (κ1) is 12.9. The van der Waals surface area contributed by atoms with Gasteiger partial charge < -0.3 is 9.73 Å². The van der Waals surface area contributed by atoms with Gasteiger partial charge in [-0.2, -0.15) is 11.3 Å². The Balaban J connectivity index is 1.55. The van der Waals surface area contributed by atoms with Crippen LogP contribution in [0.1, 0.15) is 12.3 Å². The predicted octanol–water partition coefficient (Wildman–Crippen LogP) is 2.83. The maximum absolute atomic E-state index is 11.7. The molecule has 0 radical (unpaired) electrons. The highest BCUT2D eigenvalue weighted by Gasteiger charge is 2.11. The van der Waals surface area contributed by atoms with Crippen molar-refractivity contribution in [3.05, 3.63) is 34.3 Å². The summed E-state index contributed by atoms with van der Waals surface area (Å²) in [5, 5.41) is 16.9. The molecule has 1 N–H and O–H groups in total. The molecule has 6 nitrogen and oxygen atoms in total. The summed E-state index contributed by atoms with van der Waals surface area (Å²) >= 11 is 2.95. The second-order valence-electron chi connectivity index (χ2n) is 3.90. The van der Waals surface area contributed by atoms with Crippen molar-refractivity contribution in [2.75, 3.05) is 5.32 Å². The van der Waals surface area contributed by atoms with Crippen LogP contribution in [0.25, 0.3) is 11.5 Å². The van der Waals surface area contributed by atoms with E-state index in [4.69, 9.17) is 4.42 Å². The maximum atomic E-state index is 11.7. The summed E-state index contributed by atoms with van der Waals surface area (Å²) in [6.07, 6.45) is 2.34. The van der Waals surface area contributed by atoms with Crippen LogP contribution in [0.5, 0.6) is 0 Å². The Kier molecular flexibility index (Phi) is 3.84. The number of carbonyl (C=O) groups excluding carboxylic acids is 1. The van der Waals surface area contributed by atoms with Gasteiger partial charge in [0.1, 0.15) is 0 Å². The topological polar surface area (TPSA) is 80.9 Å². The highest BCUT2D eigenvalue weighted by Crippen LogP contribution is 2.20. The van der Waals surface area contributed by atoms with Gasteiger partial charge in [0.25, 0.3) is 0 Å². The lowest BCUT2D eigenvalue weighted by molar-refractivity contribution is -0.116. The molecule has 20 heavy (non-hydrogen) atoms. The number of amides is 1. The monoisotopic (exact) mass is 306 g/mol. The lowest BCUT2D eigenvalue weighted by Gasteiger charge is -1.98. The summed E-state index contributed by atoms with van der Waals surface area (Å²) in [5.41, 5.74) is 0.904. The summed E-state index contributed by atoms with van der Waals surface area (Å²) in [6, 6.07) is 1.91. The Morgan fingerprint density at radius 3 is 3.05 bits per heavy atom. The van der Waals surface area contributed by atoms with Crippen molar-refractivity contribution >= 4 is 33.7 Å². The Hall–Kier alpha value is -2.06. The van der Waals surface area contributed by atoms with E-state index in [0.29, 0.717) is 23.3 Å². The molecule has 0 saturated carbocycles. The highest BCUT2D eigenvalue weighted by molar-refractivity contribution is 7.13. The zero-order chi connectivity index (χ0) is 13.8. The second kappa shape index (κ2) is 5.93. The number of rotatable bonds is 5. The van der Waals surface area contributed by atoms with E-state index in [2.05, 4.69) is 20.5 Å². The van der Waals surface area contributed by atoms with E-state index in [1.54, 1.807) is 22.9 Å². The Labute approximate surface area is 122 Å². The van der Waals surface area contributed by atoms with Crippen molar-refractivity contribution in [3.8, 4) is 11.5 Å². The van der Waals surface area contributed by atoms with E-state index >= 15 is 0 Å². The number of nitrogens with one attached hydrogen (secondary N) is 1. The highest BCUT2D eigenvalue weighted by atomic mass is 32.1. The molecule has 0 aliphatic rings. The fraction of sp³-hybridized carbons (Fsp3) is 0.167. The molecular formula is C12H10N4O2S2. The lowest BCUT2D eigenvalue weighted by atomic mass is 10.3. The normalized spacial score (nSPS) is 10.6. The van der Waals surface area contributed by atoms with E-state index in [1.807, 2.05) is 16.8 Å². The van der Waals surface area contributed by atoms with Crippen molar-refractivity contribution in [1.82, 2.24) is 15.2 Å². The summed E-state index contributed by atoms with van der Waals surface area (Å²) < 4.78 is 5.51. The third-order valence-electron chi connectivity index (χ3n) is 2.48. The van der Waals surface area contributed by atoms with Crippen molar-refractivity contribution in [1.29, 1.82) is 0 Å². The van der Waals surface area contributed by atoms with Gasteiger partial charge in [0.15, 0.2) is 5.13 Å². The summed E-state index contributed by atoms with van der Waals surface area (Å²) in [4.78, 5) is 15.7. The van der Waals surface area contributed by atoms with Crippen LogP contribution in [0.4, 0.5) is 5.13 Å². The minimum atomic E-state index is -0.116. The van der Waals surface area contributed by atoms with E-state index in [9.17, 15) is 4.79 Å². The molecule has 8 heteroatoms. The summed E-state index contributed by atoms with van der Waals surface area (Å²) in [6.45, 7) is 0. The maximum Gasteiger partial charge on any atom is 0.248 e. The van der Waals surface area contributed by atoms with Crippen LogP contribution in [0.3, 0.4) is 0 Å². The Bertz CT molecular complexity index is 676. The van der Waals surface area contributed by atoms with Crippen molar-refractivity contribution in [3.63, 3.8) is 0 Å². The number of thiophene rings is 1. The molecule has 0 saturated heterocycles. The number of hydrogen-bond acceptors (Lipinski definition) is 7. The van der Waals surface area contributed by atoms with E-state index in [1.165, 1.54) is 11.3 Å². The smallest absolute Gasteiger partial charge is 0.248 e. The van der Waals surface area contributed by atoms with Gasteiger partial charge in [-0.3, -0.25) is 4.79 Å². The number of aromatic nitrogens is 3.